The maximum absolute atomic E-state index is 13.9. The summed E-state index contributed by atoms with van der Waals surface area (Å²) < 4.78 is 13.9. The number of anilines is 1. The molecule has 98 valence electrons. The van der Waals surface area contributed by atoms with Crippen molar-refractivity contribution in [2.45, 2.75) is 19.9 Å². The molecule has 0 aliphatic heterocycles. The Kier molecular flexibility index (Phi) is 4.19. The van der Waals surface area contributed by atoms with Gasteiger partial charge in [-0.05, 0) is 19.9 Å². The van der Waals surface area contributed by atoms with E-state index in [9.17, 15) is 14.0 Å². The zero-order chi connectivity index (χ0) is 13.9. The summed E-state index contributed by atoms with van der Waals surface area (Å²) in [7, 11) is 0. The third-order valence-electron chi connectivity index (χ3n) is 2.32. The Morgan fingerprint density at radius 2 is 2.17 bits per heavy atom. The van der Waals surface area contributed by atoms with Gasteiger partial charge in [-0.1, -0.05) is 0 Å². The Hall–Kier alpha value is -2.18. The molecule has 0 aliphatic rings. The van der Waals surface area contributed by atoms with Crippen LogP contribution in [0.3, 0.4) is 0 Å². The molecular weight excluding hydrogens is 241 g/mol. The van der Waals surface area contributed by atoms with Gasteiger partial charge >= 0.3 is 5.97 Å². The van der Waals surface area contributed by atoms with Crippen LogP contribution in [0.1, 0.15) is 24.2 Å². The predicted molar refractivity (Wildman–Crippen MR) is 62.8 cm³/mol. The van der Waals surface area contributed by atoms with Crippen LogP contribution in [0.4, 0.5) is 10.2 Å². The highest BCUT2D eigenvalue weighted by Crippen LogP contribution is 2.21. The topological polar surface area (TPSA) is 96.5 Å². The van der Waals surface area contributed by atoms with Crippen LogP contribution in [0, 0.1) is 5.82 Å². The molecule has 0 saturated carbocycles. The molecule has 1 heterocycles. The number of nitrogens with zero attached hydrogens (tertiary/aromatic N) is 2. The van der Waals surface area contributed by atoms with Crippen LogP contribution in [-0.4, -0.2) is 34.6 Å². The summed E-state index contributed by atoms with van der Waals surface area (Å²) >= 11 is 0. The van der Waals surface area contributed by atoms with Gasteiger partial charge in [-0.3, -0.25) is 4.79 Å². The SMILES string of the molecule is CC(C)N(CC(N)=O)c1nccc(C(=O)O)c1F. The maximum Gasteiger partial charge on any atom is 0.338 e. The molecule has 7 heteroatoms. The highest BCUT2D eigenvalue weighted by Gasteiger charge is 2.22. The van der Waals surface area contributed by atoms with E-state index in [2.05, 4.69) is 4.98 Å². The number of carbonyl (C=O) groups excluding carboxylic acids is 1. The van der Waals surface area contributed by atoms with Crippen LogP contribution < -0.4 is 10.6 Å². The Bertz CT molecular complexity index is 477. The summed E-state index contributed by atoms with van der Waals surface area (Å²) in [6.07, 6.45) is 1.18. The van der Waals surface area contributed by atoms with Gasteiger partial charge in [-0.15, -0.1) is 0 Å². The lowest BCUT2D eigenvalue weighted by Crippen LogP contribution is -2.39. The molecule has 0 spiro atoms. The van der Waals surface area contributed by atoms with Crippen molar-refractivity contribution in [2.75, 3.05) is 11.4 Å². The molecule has 0 radical (unpaired) electrons. The summed E-state index contributed by atoms with van der Waals surface area (Å²) in [4.78, 5) is 26.8. The Balaban J connectivity index is 3.24. The Morgan fingerprint density at radius 1 is 1.56 bits per heavy atom. The minimum Gasteiger partial charge on any atom is -0.478 e. The average Bonchev–Trinajstić information content (AvgIpc) is 2.25. The third-order valence-corrected chi connectivity index (χ3v) is 2.32. The second-order valence-corrected chi connectivity index (χ2v) is 3.99. The van der Waals surface area contributed by atoms with Crippen molar-refractivity contribution in [1.82, 2.24) is 4.98 Å². The molecular formula is C11H14FN3O3. The fourth-order valence-corrected chi connectivity index (χ4v) is 1.47. The number of rotatable bonds is 5. The molecule has 1 aromatic rings. The number of aromatic nitrogens is 1. The van der Waals surface area contributed by atoms with Gasteiger partial charge in [0.15, 0.2) is 11.6 Å². The van der Waals surface area contributed by atoms with Gasteiger partial charge in [-0.25, -0.2) is 14.2 Å². The number of aromatic carboxylic acids is 1. The summed E-state index contributed by atoms with van der Waals surface area (Å²) in [5, 5.41) is 8.81. The number of primary amides is 1. The summed E-state index contributed by atoms with van der Waals surface area (Å²) in [6, 6.07) is 0.813. The zero-order valence-electron chi connectivity index (χ0n) is 10.1. The molecule has 0 atom stereocenters. The number of hydrogen-bond donors (Lipinski definition) is 2. The lowest BCUT2D eigenvalue weighted by Gasteiger charge is -2.26. The number of nitrogens with two attached hydrogens (primary N) is 1. The number of hydrogen-bond acceptors (Lipinski definition) is 4. The minimum atomic E-state index is -1.39. The lowest BCUT2D eigenvalue weighted by molar-refractivity contribution is -0.116. The minimum absolute atomic E-state index is 0.191. The number of carbonyl (C=O) groups is 2. The summed E-state index contributed by atoms with van der Waals surface area (Å²) in [5.41, 5.74) is 4.58. The number of carboxylic acid groups (broad SMARTS) is 1. The molecule has 0 bridgehead atoms. The molecule has 3 N–H and O–H groups in total. The quantitative estimate of drug-likeness (QED) is 0.803. The van der Waals surface area contributed by atoms with Gasteiger partial charge in [0.25, 0.3) is 0 Å². The van der Waals surface area contributed by atoms with Crippen LogP contribution in [0.2, 0.25) is 0 Å². The lowest BCUT2D eigenvalue weighted by atomic mass is 10.2. The van der Waals surface area contributed by atoms with Gasteiger partial charge in [0.2, 0.25) is 5.91 Å². The second-order valence-electron chi connectivity index (χ2n) is 3.99. The fourth-order valence-electron chi connectivity index (χ4n) is 1.47. The predicted octanol–water partition coefficient (Wildman–Crippen LogP) is 0.619. The van der Waals surface area contributed by atoms with E-state index in [-0.39, 0.29) is 18.4 Å². The monoisotopic (exact) mass is 255 g/mol. The maximum atomic E-state index is 13.9. The molecule has 0 aliphatic carbocycles. The van der Waals surface area contributed by atoms with Gasteiger partial charge in [0, 0.05) is 12.2 Å². The van der Waals surface area contributed by atoms with Crippen molar-refractivity contribution in [3.63, 3.8) is 0 Å². The summed E-state index contributed by atoms with van der Waals surface area (Å²) in [5.74, 6) is -3.20. The van der Waals surface area contributed by atoms with E-state index in [1.54, 1.807) is 13.8 Å². The zero-order valence-corrected chi connectivity index (χ0v) is 10.1. The average molecular weight is 255 g/mol. The Morgan fingerprint density at radius 3 is 2.61 bits per heavy atom. The standard InChI is InChI=1S/C11H14FN3O3/c1-6(2)15(5-8(13)16)10-9(12)7(11(17)18)3-4-14-10/h3-4,6H,5H2,1-2H3,(H2,13,16)(H,17,18). The van der Waals surface area contributed by atoms with Crippen LogP contribution >= 0.6 is 0 Å². The van der Waals surface area contributed by atoms with Crippen molar-refractivity contribution >= 4 is 17.7 Å². The van der Waals surface area contributed by atoms with Crippen LogP contribution in [-0.2, 0) is 4.79 Å². The van der Waals surface area contributed by atoms with E-state index < -0.39 is 23.3 Å². The van der Waals surface area contributed by atoms with E-state index in [1.807, 2.05) is 0 Å². The first-order valence-corrected chi connectivity index (χ1v) is 5.27. The van der Waals surface area contributed by atoms with Crippen LogP contribution in [0.15, 0.2) is 12.3 Å². The van der Waals surface area contributed by atoms with Crippen LogP contribution in [0.5, 0.6) is 0 Å². The molecule has 0 fully saturated rings. The number of amides is 1. The molecule has 0 unspecified atom stereocenters. The molecule has 1 amide bonds. The third kappa shape index (κ3) is 2.93. The largest absolute Gasteiger partial charge is 0.478 e. The van der Waals surface area contributed by atoms with E-state index in [1.165, 1.54) is 11.1 Å². The highest BCUT2D eigenvalue weighted by molar-refractivity contribution is 5.89. The number of carboxylic acids is 1. The van der Waals surface area contributed by atoms with E-state index in [0.29, 0.717) is 0 Å². The van der Waals surface area contributed by atoms with Gasteiger partial charge in [0.05, 0.1) is 6.54 Å². The fraction of sp³-hybridized carbons (Fsp3) is 0.364. The smallest absolute Gasteiger partial charge is 0.338 e. The Labute approximate surface area is 103 Å². The van der Waals surface area contributed by atoms with Crippen molar-refractivity contribution in [2.24, 2.45) is 5.73 Å². The van der Waals surface area contributed by atoms with E-state index >= 15 is 0 Å². The first-order chi connectivity index (χ1) is 8.34. The molecule has 1 rings (SSSR count). The van der Waals surface area contributed by atoms with Crippen molar-refractivity contribution < 1.29 is 19.1 Å². The van der Waals surface area contributed by atoms with Gasteiger partial charge in [-0.2, -0.15) is 0 Å². The van der Waals surface area contributed by atoms with Crippen LogP contribution in [0.25, 0.3) is 0 Å². The number of pyridine rings is 1. The second kappa shape index (κ2) is 5.44. The van der Waals surface area contributed by atoms with Gasteiger partial charge < -0.3 is 15.7 Å². The normalized spacial score (nSPS) is 10.4. The summed E-state index contributed by atoms with van der Waals surface area (Å²) in [6.45, 7) is 3.21. The number of halogens is 1. The van der Waals surface area contributed by atoms with Gasteiger partial charge in [0.1, 0.15) is 5.56 Å². The highest BCUT2D eigenvalue weighted by atomic mass is 19.1. The molecule has 6 nitrogen and oxygen atoms in total. The first kappa shape index (κ1) is 13.9. The molecule has 0 saturated heterocycles. The molecule has 1 aromatic heterocycles. The van der Waals surface area contributed by atoms with Crippen molar-refractivity contribution in [3.05, 3.63) is 23.6 Å². The first-order valence-electron chi connectivity index (χ1n) is 5.27. The van der Waals surface area contributed by atoms with Crippen molar-refractivity contribution in [3.8, 4) is 0 Å². The van der Waals surface area contributed by atoms with E-state index in [0.717, 1.165) is 6.07 Å². The van der Waals surface area contributed by atoms with Crippen molar-refractivity contribution in [1.29, 1.82) is 0 Å². The molecule has 18 heavy (non-hydrogen) atoms. The molecule has 0 aromatic carbocycles. The van der Waals surface area contributed by atoms with E-state index in [4.69, 9.17) is 10.8 Å².